The Morgan fingerprint density at radius 2 is 1.56 bits per heavy atom. The van der Waals surface area contributed by atoms with Gasteiger partial charge in [-0.25, -0.2) is 8.42 Å². The van der Waals surface area contributed by atoms with Crippen LogP contribution in [0.5, 0.6) is 0 Å². The van der Waals surface area contributed by atoms with Gasteiger partial charge in [0.05, 0.1) is 18.0 Å². The van der Waals surface area contributed by atoms with Crippen LogP contribution in [0.1, 0.15) is 31.0 Å². The smallest absolute Gasteiger partial charge is 0.244 e. The molecule has 2 aromatic rings. The molecule has 2 rings (SSSR count). The van der Waals surface area contributed by atoms with E-state index in [0.717, 1.165) is 21.7 Å². The number of hydrogen-bond donors (Lipinski definition) is 1. The predicted octanol–water partition coefficient (Wildman–Crippen LogP) is 3.03. The fraction of sp³-hybridized carbons (Fsp3) is 0.316. The Hall–Kier alpha value is -2.34. The van der Waals surface area contributed by atoms with Crippen molar-refractivity contribution in [2.45, 2.75) is 32.9 Å². The Kier molecular flexibility index (Phi) is 5.85. The Labute approximate surface area is 149 Å². The second kappa shape index (κ2) is 7.70. The molecule has 0 fully saturated rings. The van der Waals surface area contributed by atoms with E-state index in [0.29, 0.717) is 5.69 Å². The molecule has 6 heteroatoms. The number of rotatable bonds is 6. The summed E-state index contributed by atoms with van der Waals surface area (Å²) in [5.74, 6) is -0.345. The summed E-state index contributed by atoms with van der Waals surface area (Å²) in [5, 5.41) is 2.88. The fourth-order valence-electron chi connectivity index (χ4n) is 2.66. The lowest BCUT2D eigenvalue weighted by Gasteiger charge is -2.29. The minimum atomic E-state index is -3.60. The highest BCUT2D eigenvalue weighted by molar-refractivity contribution is 7.92. The highest BCUT2D eigenvalue weighted by Crippen LogP contribution is 2.22. The molecule has 0 bridgehead atoms. The first-order valence-corrected chi connectivity index (χ1v) is 9.96. The Morgan fingerprint density at radius 3 is 2.08 bits per heavy atom. The van der Waals surface area contributed by atoms with E-state index in [4.69, 9.17) is 0 Å². The molecule has 0 aromatic heterocycles. The fourth-order valence-corrected chi connectivity index (χ4v) is 3.83. The Bertz CT molecular complexity index is 818. The molecule has 2 aromatic carbocycles. The molecule has 0 saturated heterocycles. The summed E-state index contributed by atoms with van der Waals surface area (Å²) in [5.41, 5.74) is 2.46. The van der Waals surface area contributed by atoms with Crippen LogP contribution in [0.15, 0.2) is 54.6 Å². The lowest BCUT2D eigenvalue weighted by molar-refractivity contribution is -0.122. The number of sulfonamides is 1. The lowest BCUT2D eigenvalue weighted by atomic mass is 10.1. The van der Waals surface area contributed by atoms with E-state index in [1.165, 1.54) is 0 Å². The molecule has 0 aliphatic rings. The maximum atomic E-state index is 12.6. The van der Waals surface area contributed by atoms with Crippen LogP contribution in [0.3, 0.4) is 0 Å². The zero-order chi connectivity index (χ0) is 18.6. The third kappa shape index (κ3) is 4.82. The summed E-state index contributed by atoms with van der Waals surface area (Å²) in [6, 6.07) is 15.5. The first-order chi connectivity index (χ1) is 11.7. The highest BCUT2D eigenvalue weighted by Gasteiger charge is 2.29. The van der Waals surface area contributed by atoms with Crippen molar-refractivity contribution >= 4 is 21.6 Å². The highest BCUT2D eigenvalue weighted by atomic mass is 32.2. The van der Waals surface area contributed by atoms with E-state index in [9.17, 15) is 13.2 Å². The molecule has 0 saturated carbocycles. The number of amides is 1. The molecule has 0 radical (unpaired) electrons. The third-order valence-corrected chi connectivity index (χ3v) is 5.28. The molecule has 0 aliphatic heterocycles. The average molecular weight is 360 g/mol. The molecule has 134 valence electrons. The monoisotopic (exact) mass is 360 g/mol. The van der Waals surface area contributed by atoms with Crippen molar-refractivity contribution in [3.8, 4) is 0 Å². The zero-order valence-electron chi connectivity index (χ0n) is 14.9. The summed E-state index contributed by atoms with van der Waals surface area (Å²) >= 11 is 0. The van der Waals surface area contributed by atoms with Gasteiger partial charge in [-0.15, -0.1) is 0 Å². The van der Waals surface area contributed by atoms with Crippen molar-refractivity contribution in [1.82, 2.24) is 5.32 Å². The Balaban J connectivity index is 2.23. The number of nitrogens with zero attached hydrogens (tertiary/aromatic N) is 1. The molecular weight excluding hydrogens is 336 g/mol. The maximum absolute atomic E-state index is 12.6. The van der Waals surface area contributed by atoms with E-state index < -0.39 is 16.1 Å². The number of carbonyl (C=O) groups excluding carboxylic acids is 1. The second-order valence-electron chi connectivity index (χ2n) is 6.21. The number of aryl methyl sites for hydroxylation is 1. The third-order valence-electron chi connectivity index (χ3n) is 4.04. The summed E-state index contributed by atoms with van der Waals surface area (Å²) in [6.07, 6.45) is 1.11. The second-order valence-corrected chi connectivity index (χ2v) is 8.07. The van der Waals surface area contributed by atoms with Gasteiger partial charge in [-0.2, -0.15) is 0 Å². The van der Waals surface area contributed by atoms with E-state index >= 15 is 0 Å². The normalized spacial score (nSPS) is 13.8. The molecule has 1 N–H and O–H groups in total. The number of benzene rings is 2. The van der Waals surface area contributed by atoms with Crippen LogP contribution in [-0.4, -0.2) is 26.6 Å². The first kappa shape index (κ1) is 19.0. The molecule has 1 unspecified atom stereocenters. The molecule has 2 atom stereocenters. The molecule has 5 nitrogen and oxygen atoms in total. The van der Waals surface area contributed by atoms with Gasteiger partial charge in [-0.1, -0.05) is 48.0 Å². The number of nitrogens with one attached hydrogen (secondary N) is 1. The van der Waals surface area contributed by atoms with Gasteiger partial charge in [-0.3, -0.25) is 9.10 Å². The standard InChI is InChI=1S/C19H24N2O3S/c1-14-10-12-18(13-11-14)21(25(4,23)24)16(3)19(22)20-15(2)17-8-6-5-7-9-17/h5-13,15-16H,1-4H3,(H,20,22)/t15-,16?/m1/s1. The lowest BCUT2D eigenvalue weighted by Crippen LogP contribution is -2.48. The van der Waals surface area contributed by atoms with Crippen molar-refractivity contribution < 1.29 is 13.2 Å². The van der Waals surface area contributed by atoms with Crippen molar-refractivity contribution in [1.29, 1.82) is 0 Å². The molecule has 0 aliphatic carbocycles. The molecule has 25 heavy (non-hydrogen) atoms. The van der Waals surface area contributed by atoms with Crippen molar-refractivity contribution in [3.63, 3.8) is 0 Å². The average Bonchev–Trinajstić information content (AvgIpc) is 2.56. The summed E-state index contributed by atoms with van der Waals surface area (Å²) in [7, 11) is -3.60. The van der Waals surface area contributed by atoms with Crippen molar-refractivity contribution in [2.75, 3.05) is 10.6 Å². The number of anilines is 1. The van der Waals surface area contributed by atoms with E-state index in [1.54, 1.807) is 19.1 Å². The van der Waals surface area contributed by atoms with Gasteiger partial charge in [0.15, 0.2) is 0 Å². The molecule has 0 heterocycles. The molecule has 1 amide bonds. The minimum absolute atomic E-state index is 0.212. The largest absolute Gasteiger partial charge is 0.348 e. The Morgan fingerprint density at radius 1 is 1.00 bits per heavy atom. The molecular formula is C19H24N2O3S. The van der Waals surface area contributed by atoms with Crippen LogP contribution in [0.4, 0.5) is 5.69 Å². The van der Waals surface area contributed by atoms with Crippen LogP contribution in [0, 0.1) is 6.92 Å². The van der Waals surface area contributed by atoms with Gasteiger partial charge in [0.25, 0.3) is 0 Å². The van der Waals surface area contributed by atoms with Crippen molar-refractivity contribution in [2.24, 2.45) is 0 Å². The van der Waals surface area contributed by atoms with Crippen molar-refractivity contribution in [3.05, 3.63) is 65.7 Å². The van der Waals surface area contributed by atoms with Gasteiger partial charge < -0.3 is 5.32 Å². The van der Waals surface area contributed by atoms with Gasteiger partial charge >= 0.3 is 0 Å². The van der Waals surface area contributed by atoms with Gasteiger partial charge in [-0.05, 0) is 38.5 Å². The first-order valence-electron chi connectivity index (χ1n) is 8.11. The summed E-state index contributed by atoms with van der Waals surface area (Å²) < 4.78 is 25.7. The zero-order valence-corrected chi connectivity index (χ0v) is 15.7. The van der Waals surface area contributed by atoms with E-state index in [2.05, 4.69) is 5.32 Å². The summed E-state index contributed by atoms with van der Waals surface area (Å²) in [6.45, 7) is 5.39. The van der Waals surface area contributed by atoms with Gasteiger partial charge in [0.1, 0.15) is 6.04 Å². The number of hydrogen-bond acceptors (Lipinski definition) is 3. The van der Waals surface area contributed by atoms with Crippen LogP contribution in [-0.2, 0) is 14.8 Å². The maximum Gasteiger partial charge on any atom is 0.244 e. The van der Waals surface area contributed by atoms with Crippen LogP contribution in [0.2, 0.25) is 0 Å². The quantitative estimate of drug-likeness (QED) is 0.861. The van der Waals surface area contributed by atoms with Gasteiger partial charge in [0, 0.05) is 0 Å². The minimum Gasteiger partial charge on any atom is -0.348 e. The van der Waals surface area contributed by atoms with Gasteiger partial charge in [0.2, 0.25) is 15.9 Å². The number of carbonyl (C=O) groups is 1. The predicted molar refractivity (Wildman–Crippen MR) is 101 cm³/mol. The topological polar surface area (TPSA) is 66.5 Å². The van der Waals surface area contributed by atoms with Crippen LogP contribution < -0.4 is 9.62 Å². The van der Waals surface area contributed by atoms with Crippen LogP contribution >= 0.6 is 0 Å². The van der Waals surface area contributed by atoms with E-state index in [-0.39, 0.29) is 11.9 Å². The van der Waals surface area contributed by atoms with E-state index in [1.807, 2.05) is 56.3 Å². The van der Waals surface area contributed by atoms with Crippen LogP contribution in [0.25, 0.3) is 0 Å². The SMILES string of the molecule is Cc1ccc(N(C(C)C(=O)N[C@H](C)c2ccccc2)S(C)(=O)=O)cc1. The summed E-state index contributed by atoms with van der Waals surface area (Å²) in [4.78, 5) is 12.6. The molecule has 0 spiro atoms.